The number of hydrogen-bond acceptors (Lipinski definition) is 3. The van der Waals surface area contributed by atoms with Gasteiger partial charge in [-0.1, -0.05) is 13.8 Å². The molecule has 1 unspecified atom stereocenters. The molecule has 2 heterocycles. The Morgan fingerprint density at radius 3 is 2.63 bits per heavy atom. The normalized spacial score (nSPS) is 27.4. The molecule has 1 atom stereocenters. The lowest BCUT2D eigenvalue weighted by Crippen LogP contribution is -2.56. The third-order valence-electron chi connectivity index (χ3n) is 4.70. The summed E-state index contributed by atoms with van der Waals surface area (Å²) >= 11 is 0. The maximum absolute atomic E-state index is 12.6. The van der Waals surface area contributed by atoms with Crippen molar-refractivity contribution in [3.05, 3.63) is 0 Å². The fourth-order valence-corrected chi connectivity index (χ4v) is 3.26. The number of piperidine rings is 1. The molecule has 0 aliphatic carbocycles. The van der Waals surface area contributed by atoms with E-state index in [4.69, 9.17) is 0 Å². The molecule has 2 fully saturated rings. The molecule has 0 spiro atoms. The first kappa shape index (κ1) is 14.8. The topological polar surface area (TPSA) is 35.6 Å². The van der Waals surface area contributed by atoms with E-state index in [2.05, 4.69) is 24.1 Å². The molecule has 0 saturated carbocycles. The summed E-state index contributed by atoms with van der Waals surface area (Å²) in [4.78, 5) is 16.9. The van der Waals surface area contributed by atoms with Crippen LogP contribution in [-0.4, -0.2) is 61.5 Å². The van der Waals surface area contributed by atoms with Crippen molar-refractivity contribution in [3.63, 3.8) is 0 Å². The summed E-state index contributed by atoms with van der Waals surface area (Å²) in [7, 11) is 1.95. The lowest BCUT2D eigenvalue weighted by atomic mass is 9.77. The second-order valence-corrected chi connectivity index (χ2v) is 6.79. The maximum Gasteiger partial charge on any atom is 0.240 e. The van der Waals surface area contributed by atoms with Crippen LogP contribution in [0.5, 0.6) is 0 Å². The number of nitrogens with one attached hydrogen (secondary N) is 1. The highest BCUT2D eigenvalue weighted by atomic mass is 16.2. The highest BCUT2D eigenvalue weighted by Gasteiger charge is 2.38. The minimum atomic E-state index is -0.00942. The Balaban J connectivity index is 1.83. The summed E-state index contributed by atoms with van der Waals surface area (Å²) in [5.41, 5.74) is 0.0806. The molecule has 0 radical (unpaired) electrons. The zero-order chi connectivity index (χ0) is 13.9. The molecule has 0 bridgehead atoms. The van der Waals surface area contributed by atoms with E-state index in [9.17, 15) is 4.79 Å². The van der Waals surface area contributed by atoms with Crippen LogP contribution in [0.1, 0.15) is 39.5 Å². The summed E-state index contributed by atoms with van der Waals surface area (Å²) in [6.45, 7) is 9.67. The Bertz CT molecular complexity index is 311. The fourth-order valence-electron chi connectivity index (χ4n) is 3.26. The summed E-state index contributed by atoms with van der Waals surface area (Å²) in [5.74, 6) is 0.267. The van der Waals surface area contributed by atoms with Crippen molar-refractivity contribution in [3.8, 4) is 0 Å². The third-order valence-corrected chi connectivity index (χ3v) is 4.70. The quantitative estimate of drug-likeness (QED) is 0.834. The maximum atomic E-state index is 12.6. The molecule has 1 amide bonds. The highest BCUT2D eigenvalue weighted by molar-refractivity contribution is 5.82. The van der Waals surface area contributed by atoms with Gasteiger partial charge >= 0.3 is 0 Å². The molecule has 0 aromatic carbocycles. The van der Waals surface area contributed by atoms with Gasteiger partial charge in [-0.25, -0.2) is 0 Å². The fraction of sp³-hybridized carbons (Fsp3) is 0.933. The standard InChI is InChI=1S/C15H29N3O/c1-15(2)7-6-8-16-13(15)14(19)17(3)11-12-18-9-4-5-10-18/h13,16H,4-12H2,1-3H3. The van der Waals surface area contributed by atoms with E-state index in [1.54, 1.807) is 0 Å². The number of hydrogen-bond donors (Lipinski definition) is 1. The Hall–Kier alpha value is -0.610. The van der Waals surface area contributed by atoms with Crippen molar-refractivity contribution >= 4 is 5.91 Å². The second kappa shape index (κ2) is 6.23. The minimum Gasteiger partial charge on any atom is -0.343 e. The van der Waals surface area contributed by atoms with E-state index in [1.807, 2.05) is 11.9 Å². The van der Waals surface area contributed by atoms with Crippen molar-refractivity contribution in [2.75, 3.05) is 39.8 Å². The van der Waals surface area contributed by atoms with Crippen molar-refractivity contribution in [2.24, 2.45) is 5.41 Å². The number of rotatable bonds is 4. The summed E-state index contributed by atoms with van der Waals surface area (Å²) in [6.07, 6.45) is 4.94. The van der Waals surface area contributed by atoms with Gasteiger partial charge in [-0.3, -0.25) is 4.79 Å². The summed E-state index contributed by atoms with van der Waals surface area (Å²) in [5, 5.41) is 3.41. The number of nitrogens with zero attached hydrogens (tertiary/aromatic N) is 2. The number of likely N-dealkylation sites (tertiary alicyclic amines) is 1. The summed E-state index contributed by atoms with van der Waals surface area (Å²) in [6, 6.07) is -0.00942. The van der Waals surface area contributed by atoms with Crippen molar-refractivity contribution in [1.29, 1.82) is 0 Å². The molecular formula is C15H29N3O. The van der Waals surface area contributed by atoms with E-state index in [0.717, 1.165) is 26.1 Å². The van der Waals surface area contributed by atoms with Crippen LogP contribution in [0.2, 0.25) is 0 Å². The number of likely N-dealkylation sites (N-methyl/N-ethyl adjacent to an activating group) is 1. The highest BCUT2D eigenvalue weighted by Crippen LogP contribution is 2.30. The third kappa shape index (κ3) is 3.69. The number of carbonyl (C=O) groups is 1. The van der Waals surface area contributed by atoms with Gasteiger partial charge in [0.25, 0.3) is 0 Å². The van der Waals surface area contributed by atoms with E-state index in [-0.39, 0.29) is 17.4 Å². The zero-order valence-corrected chi connectivity index (χ0v) is 12.7. The summed E-state index contributed by atoms with van der Waals surface area (Å²) < 4.78 is 0. The Labute approximate surface area is 117 Å². The molecule has 2 aliphatic heterocycles. The van der Waals surface area contributed by atoms with Crippen molar-refractivity contribution in [1.82, 2.24) is 15.1 Å². The van der Waals surface area contributed by atoms with Crippen molar-refractivity contribution in [2.45, 2.75) is 45.6 Å². The predicted molar refractivity (Wildman–Crippen MR) is 78.1 cm³/mol. The number of carbonyl (C=O) groups excluding carboxylic acids is 1. The molecule has 1 N–H and O–H groups in total. The Morgan fingerprint density at radius 1 is 1.32 bits per heavy atom. The van der Waals surface area contributed by atoms with Gasteiger partial charge < -0.3 is 15.1 Å². The van der Waals surface area contributed by atoms with Crippen LogP contribution in [0, 0.1) is 5.41 Å². The van der Waals surface area contributed by atoms with Crippen LogP contribution >= 0.6 is 0 Å². The van der Waals surface area contributed by atoms with Gasteiger partial charge in [0.1, 0.15) is 0 Å². The van der Waals surface area contributed by atoms with E-state index >= 15 is 0 Å². The molecule has 19 heavy (non-hydrogen) atoms. The lowest BCUT2D eigenvalue weighted by molar-refractivity contribution is -0.136. The van der Waals surface area contributed by atoms with Gasteiger partial charge in [0, 0.05) is 20.1 Å². The van der Waals surface area contributed by atoms with Gasteiger partial charge in [-0.05, 0) is 50.7 Å². The van der Waals surface area contributed by atoms with Gasteiger partial charge in [-0.15, -0.1) is 0 Å². The molecule has 0 aromatic rings. The van der Waals surface area contributed by atoms with Gasteiger partial charge in [-0.2, -0.15) is 0 Å². The average Bonchev–Trinajstić information content (AvgIpc) is 2.87. The molecular weight excluding hydrogens is 238 g/mol. The molecule has 4 nitrogen and oxygen atoms in total. The SMILES string of the molecule is CN(CCN1CCCC1)C(=O)C1NCCCC1(C)C. The molecule has 0 aromatic heterocycles. The van der Waals surface area contributed by atoms with E-state index in [0.29, 0.717) is 0 Å². The monoisotopic (exact) mass is 267 g/mol. The average molecular weight is 267 g/mol. The molecule has 4 heteroatoms. The van der Waals surface area contributed by atoms with Crippen LogP contribution in [0.3, 0.4) is 0 Å². The van der Waals surface area contributed by atoms with E-state index in [1.165, 1.54) is 32.4 Å². The Morgan fingerprint density at radius 2 is 2.00 bits per heavy atom. The zero-order valence-electron chi connectivity index (χ0n) is 12.7. The second-order valence-electron chi connectivity index (χ2n) is 6.79. The first-order chi connectivity index (χ1) is 9.00. The van der Waals surface area contributed by atoms with Crippen LogP contribution in [0.15, 0.2) is 0 Å². The number of amides is 1. The minimum absolute atomic E-state index is 0.00942. The van der Waals surface area contributed by atoms with Gasteiger partial charge in [0.05, 0.1) is 6.04 Å². The predicted octanol–water partition coefficient (Wildman–Crippen LogP) is 1.32. The smallest absolute Gasteiger partial charge is 0.240 e. The molecule has 110 valence electrons. The van der Waals surface area contributed by atoms with Gasteiger partial charge in [0.15, 0.2) is 0 Å². The molecule has 2 aliphatic rings. The molecule has 2 rings (SSSR count). The van der Waals surface area contributed by atoms with Crippen LogP contribution in [0.25, 0.3) is 0 Å². The van der Waals surface area contributed by atoms with E-state index < -0.39 is 0 Å². The Kier molecular flexibility index (Phi) is 4.85. The van der Waals surface area contributed by atoms with Crippen LogP contribution < -0.4 is 5.32 Å². The first-order valence-electron chi connectivity index (χ1n) is 7.71. The molecule has 2 saturated heterocycles. The van der Waals surface area contributed by atoms with Crippen molar-refractivity contribution < 1.29 is 4.79 Å². The first-order valence-corrected chi connectivity index (χ1v) is 7.71. The van der Waals surface area contributed by atoms with Crippen LogP contribution in [0.4, 0.5) is 0 Å². The van der Waals surface area contributed by atoms with Gasteiger partial charge in [0.2, 0.25) is 5.91 Å². The lowest BCUT2D eigenvalue weighted by Gasteiger charge is -2.40. The largest absolute Gasteiger partial charge is 0.343 e. The van der Waals surface area contributed by atoms with Crippen LogP contribution in [-0.2, 0) is 4.79 Å².